The molecule has 0 aliphatic carbocycles. The van der Waals surface area contributed by atoms with Gasteiger partial charge in [-0.15, -0.1) is 0 Å². The van der Waals surface area contributed by atoms with Crippen LogP contribution in [0.4, 0.5) is 4.39 Å². The van der Waals surface area contributed by atoms with E-state index in [4.69, 9.17) is 4.74 Å². The van der Waals surface area contributed by atoms with Crippen molar-refractivity contribution in [1.82, 2.24) is 4.98 Å². The molecule has 164 valence electrons. The number of nitrogens with zero attached hydrogens (tertiary/aromatic N) is 1. The smallest absolute Gasteiger partial charge is 0.132 e. The van der Waals surface area contributed by atoms with E-state index < -0.39 is 0 Å². The van der Waals surface area contributed by atoms with Gasteiger partial charge in [0.1, 0.15) is 11.6 Å². The van der Waals surface area contributed by atoms with Gasteiger partial charge < -0.3 is 4.74 Å². The van der Waals surface area contributed by atoms with Crippen LogP contribution in [-0.2, 0) is 6.42 Å². The number of hydrogen-bond donors (Lipinski definition) is 0. The molecule has 0 fully saturated rings. The molecule has 0 aliphatic rings. The minimum atomic E-state index is -0.195. The average molecular weight is 420 g/mol. The summed E-state index contributed by atoms with van der Waals surface area (Å²) in [5, 5.41) is 0. The predicted octanol–water partition coefficient (Wildman–Crippen LogP) is 8.25. The molecule has 0 radical (unpaired) electrons. The maximum atomic E-state index is 14.7. The van der Waals surface area contributed by atoms with Crippen LogP contribution < -0.4 is 4.74 Å². The van der Waals surface area contributed by atoms with Gasteiger partial charge in [0, 0.05) is 17.3 Å². The summed E-state index contributed by atoms with van der Waals surface area (Å²) in [5.41, 5.74) is 4.36. The first kappa shape index (κ1) is 23.0. The molecule has 3 heteroatoms. The number of benzene rings is 2. The number of aryl methyl sites for hydroxylation is 1. The molecule has 0 saturated heterocycles. The second-order valence-electron chi connectivity index (χ2n) is 8.14. The largest absolute Gasteiger partial charge is 0.494 e. The van der Waals surface area contributed by atoms with Crippen LogP contribution in [0.2, 0.25) is 0 Å². The second-order valence-corrected chi connectivity index (χ2v) is 8.14. The highest BCUT2D eigenvalue weighted by molar-refractivity contribution is 5.67. The van der Waals surface area contributed by atoms with Crippen molar-refractivity contribution in [2.45, 2.75) is 65.2 Å². The Morgan fingerprint density at radius 1 is 0.774 bits per heavy atom. The third-order valence-corrected chi connectivity index (χ3v) is 5.60. The van der Waals surface area contributed by atoms with Crippen molar-refractivity contribution in [3.05, 3.63) is 72.2 Å². The van der Waals surface area contributed by atoms with Crippen molar-refractivity contribution < 1.29 is 9.13 Å². The normalized spacial score (nSPS) is 10.9. The highest BCUT2D eigenvalue weighted by Gasteiger charge is 2.09. The summed E-state index contributed by atoms with van der Waals surface area (Å²) in [5.74, 6) is 0.689. The first-order chi connectivity index (χ1) is 15.2. The van der Waals surface area contributed by atoms with E-state index in [1.165, 1.54) is 25.7 Å². The maximum Gasteiger partial charge on any atom is 0.132 e. The molecule has 31 heavy (non-hydrogen) atoms. The monoisotopic (exact) mass is 419 g/mol. The fourth-order valence-corrected chi connectivity index (χ4v) is 3.66. The van der Waals surface area contributed by atoms with Crippen molar-refractivity contribution in [2.24, 2.45) is 0 Å². The Balaban J connectivity index is 1.61. The zero-order chi connectivity index (χ0) is 21.9. The minimum absolute atomic E-state index is 0.195. The molecular formula is C28H34FNO. The molecule has 0 unspecified atom stereocenters. The fraction of sp³-hybridized carbons (Fsp3) is 0.393. The van der Waals surface area contributed by atoms with Gasteiger partial charge in [0.05, 0.1) is 12.3 Å². The number of aromatic nitrogens is 1. The Labute approximate surface area is 186 Å². The molecule has 1 heterocycles. The fourth-order valence-electron chi connectivity index (χ4n) is 3.66. The predicted molar refractivity (Wildman–Crippen MR) is 128 cm³/mol. The molecule has 0 spiro atoms. The van der Waals surface area contributed by atoms with E-state index in [9.17, 15) is 4.39 Å². The Morgan fingerprint density at radius 2 is 1.52 bits per heavy atom. The Bertz CT molecular complexity index is 919. The molecule has 0 bridgehead atoms. The van der Waals surface area contributed by atoms with E-state index in [0.717, 1.165) is 54.7 Å². The zero-order valence-electron chi connectivity index (χ0n) is 18.9. The highest BCUT2D eigenvalue weighted by Crippen LogP contribution is 2.27. The van der Waals surface area contributed by atoms with Crippen molar-refractivity contribution in [3.63, 3.8) is 0 Å². The average Bonchev–Trinajstić information content (AvgIpc) is 2.80. The summed E-state index contributed by atoms with van der Waals surface area (Å²) < 4.78 is 20.4. The number of ether oxygens (including phenoxy) is 1. The summed E-state index contributed by atoms with van der Waals surface area (Å²) in [4.78, 5) is 4.52. The van der Waals surface area contributed by atoms with Crippen molar-refractivity contribution >= 4 is 0 Å². The number of halogens is 1. The zero-order valence-corrected chi connectivity index (χ0v) is 18.9. The highest BCUT2D eigenvalue weighted by atomic mass is 19.1. The quantitative estimate of drug-likeness (QED) is 0.276. The van der Waals surface area contributed by atoms with Crippen LogP contribution in [0.3, 0.4) is 0 Å². The second kappa shape index (κ2) is 12.2. The van der Waals surface area contributed by atoms with E-state index in [1.54, 1.807) is 6.07 Å². The maximum absolute atomic E-state index is 14.7. The molecule has 0 atom stereocenters. The number of rotatable bonds is 12. The van der Waals surface area contributed by atoms with Gasteiger partial charge in [-0.25, -0.2) is 4.39 Å². The van der Waals surface area contributed by atoms with Gasteiger partial charge in [0.2, 0.25) is 0 Å². The van der Waals surface area contributed by atoms with Crippen LogP contribution in [0.1, 0.15) is 64.4 Å². The van der Waals surface area contributed by atoms with Crippen molar-refractivity contribution in [2.75, 3.05) is 6.61 Å². The third kappa shape index (κ3) is 6.92. The first-order valence-corrected chi connectivity index (χ1v) is 11.7. The SMILES string of the molecule is CCCCCCCc1ccc(-c2ccc(-c3ccc(OCCCC)cc3)cn2)c(F)c1. The Kier molecular flexibility index (Phi) is 9.08. The summed E-state index contributed by atoms with van der Waals surface area (Å²) in [6.07, 6.45) is 11.1. The van der Waals surface area contributed by atoms with E-state index >= 15 is 0 Å². The molecule has 2 nitrogen and oxygen atoms in total. The summed E-state index contributed by atoms with van der Waals surface area (Å²) in [6, 6.07) is 17.5. The molecule has 0 saturated carbocycles. The van der Waals surface area contributed by atoms with Gasteiger partial charge in [0.15, 0.2) is 0 Å². The van der Waals surface area contributed by atoms with Crippen LogP contribution >= 0.6 is 0 Å². The van der Waals surface area contributed by atoms with Crippen LogP contribution in [-0.4, -0.2) is 11.6 Å². The topological polar surface area (TPSA) is 22.1 Å². The molecule has 1 aromatic heterocycles. The van der Waals surface area contributed by atoms with Gasteiger partial charge in [-0.2, -0.15) is 0 Å². The molecule has 0 amide bonds. The van der Waals surface area contributed by atoms with E-state index in [0.29, 0.717) is 11.3 Å². The van der Waals surface area contributed by atoms with Crippen LogP contribution in [0.15, 0.2) is 60.8 Å². The summed E-state index contributed by atoms with van der Waals surface area (Å²) in [6.45, 7) is 5.11. The van der Waals surface area contributed by atoms with Gasteiger partial charge in [0.25, 0.3) is 0 Å². The van der Waals surface area contributed by atoms with Gasteiger partial charge in [-0.3, -0.25) is 4.98 Å². The molecule has 0 aliphatic heterocycles. The van der Waals surface area contributed by atoms with Crippen LogP contribution in [0.25, 0.3) is 22.4 Å². The Morgan fingerprint density at radius 3 is 2.19 bits per heavy atom. The molecule has 2 aromatic carbocycles. The number of hydrogen-bond acceptors (Lipinski definition) is 2. The van der Waals surface area contributed by atoms with Gasteiger partial charge in [-0.05, 0) is 60.7 Å². The third-order valence-electron chi connectivity index (χ3n) is 5.60. The summed E-state index contributed by atoms with van der Waals surface area (Å²) in [7, 11) is 0. The van der Waals surface area contributed by atoms with Crippen molar-refractivity contribution in [1.29, 1.82) is 0 Å². The van der Waals surface area contributed by atoms with Crippen molar-refractivity contribution in [3.8, 4) is 28.1 Å². The minimum Gasteiger partial charge on any atom is -0.494 e. The molecular weight excluding hydrogens is 385 g/mol. The molecule has 0 N–H and O–H groups in total. The van der Waals surface area contributed by atoms with Gasteiger partial charge >= 0.3 is 0 Å². The van der Waals surface area contributed by atoms with E-state index in [-0.39, 0.29) is 5.82 Å². The van der Waals surface area contributed by atoms with E-state index in [1.807, 2.05) is 54.7 Å². The standard InChI is InChI=1S/C28H34FNO/c1-3-5-7-8-9-10-22-11-17-26(27(29)20-22)28-18-14-24(21-30-28)23-12-15-25(16-13-23)31-19-6-4-2/h11-18,20-21H,3-10,19H2,1-2H3. The van der Waals surface area contributed by atoms with Crippen LogP contribution in [0.5, 0.6) is 5.75 Å². The lowest BCUT2D eigenvalue weighted by Crippen LogP contribution is -1.96. The summed E-state index contributed by atoms with van der Waals surface area (Å²) >= 11 is 0. The van der Waals surface area contributed by atoms with Gasteiger partial charge in [-0.1, -0.05) is 70.2 Å². The Hall–Kier alpha value is -2.68. The lowest BCUT2D eigenvalue weighted by molar-refractivity contribution is 0.309. The lowest BCUT2D eigenvalue weighted by Gasteiger charge is -2.09. The van der Waals surface area contributed by atoms with Crippen LogP contribution in [0, 0.1) is 5.82 Å². The first-order valence-electron chi connectivity index (χ1n) is 11.7. The molecule has 3 rings (SSSR count). The van der Waals surface area contributed by atoms with E-state index in [2.05, 4.69) is 18.8 Å². The number of pyridine rings is 1. The lowest BCUT2D eigenvalue weighted by atomic mass is 10.0. The number of unbranched alkanes of at least 4 members (excludes halogenated alkanes) is 5. The molecule has 3 aromatic rings.